The lowest BCUT2D eigenvalue weighted by molar-refractivity contribution is 0.149. The minimum absolute atomic E-state index is 0.171. The molecule has 2 atom stereocenters. The molecule has 4 N–H and O–H groups in total. The molecule has 0 bridgehead atoms. The molecule has 0 radical (unpaired) electrons. The van der Waals surface area contributed by atoms with Crippen molar-refractivity contribution in [3.63, 3.8) is 0 Å². The third-order valence-corrected chi connectivity index (χ3v) is 4.20. The first-order valence-corrected chi connectivity index (χ1v) is 7.28. The zero-order valence-electron chi connectivity index (χ0n) is 13.0. The molecule has 0 fully saturated rings. The van der Waals surface area contributed by atoms with Crippen molar-refractivity contribution in [1.82, 2.24) is 0 Å². The first kappa shape index (κ1) is 16.2. The molecule has 0 amide bonds. The van der Waals surface area contributed by atoms with E-state index in [-0.39, 0.29) is 23.2 Å². The quantitative estimate of drug-likeness (QED) is 0.654. The van der Waals surface area contributed by atoms with Gasteiger partial charge in [-0.25, -0.2) is 0 Å². The van der Waals surface area contributed by atoms with E-state index in [1.54, 1.807) is 18.2 Å². The van der Waals surface area contributed by atoms with E-state index >= 15 is 0 Å². The van der Waals surface area contributed by atoms with Crippen molar-refractivity contribution in [3.8, 4) is 17.2 Å². The molecule has 118 valence electrons. The summed E-state index contributed by atoms with van der Waals surface area (Å²) in [5, 5.41) is 39.0. The second-order valence-electron chi connectivity index (χ2n) is 5.87. The number of aliphatic hydroxyl groups is 1. The Hall–Kier alpha value is -2.20. The SMILES string of the molecule is Cc1cc(O)cc(C)c1C[C@@H](O)[C@@H](C)c1ccc(O)c(O)c1. The van der Waals surface area contributed by atoms with Crippen LogP contribution in [0.25, 0.3) is 0 Å². The van der Waals surface area contributed by atoms with Gasteiger partial charge in [-0.2, -0.15) is 0 Å². The summed E-state index contributed by atoms with van der Waals surface area (Å²) >= 11 is 0. The van der Waals surface area contributed by atoms with Gasteiger partial charge in [0.15, 0.2) is 11.5 Å². The molecule has 0 saturated carbocycles. The van der Waals surface area contributed by atoms with Crippen molar-refractivity contribution < 1.29 is 20.4 Å². The fourth-order valence-electron chi connectivity index (χ4n) is 2.72. The van der Waals surface area contributed by atoms with Gasteiger partial charge in [-0.15, -0.1) is 0 Å². The summed E-state index contributed by atoms with van der Waals surface area (Å²) < 4.78 is 0. The van der Waals surface area contributed by atoms with Gasteiger partial charge in [-0.05, 0) is 66.8 Å². The molecule has 2 rings (SSSR count). The highest BCUT2D eigenvalue weighted by molar-refractivity contribution is 5.43. The number of phenols is 3. The Labute approximate surface area is 130 Å². The number of phenolic OH excluding ortho intramolecular Hbond substituents is 3. The van der Waals surface area contributed by atoms with Crippen molar-refractivity contribution in [1.29, 1.82) is 0 Å². The zero-order valence-corrected chi connectivity index (χ0v) is 13.0. The van der Waals surface area contributed by atoms with Crippen molar-refractivity contribution in [3.05, 3.63) is 52.6 Å². The summed E-state index contributed by atoms with van der Waals surface area (Å²) in [5.74, 6) is -0.326. The smallest absolute Gasteiger partial charge is 0.157 e. The van der Waals surface area contributed by atoms with E-state index in [4.69, 9.17) is 0 Å². The van der Waals surface area contributed by atoms with Gasteiger partial charge in [0, 0.05) is 5.92 Å². The Balaban J connectivity index is 2.21. The van der Waals surface area contributed by atoms with Gasteiger partial charge >= 0.3 is 0 Å². The van der Waals surface area contributed by atoms with E-state index in [1.807, 2.05) is 20.8 Å². The highest BCUT2D eigenvalue weighted by atomic mass is 16.3. The highest BCUT2D eigenvalue weighted by Crippen LogP contribution is 2.31. The summed E-state index contributed by atoms with van der Waals surface area (Å²) in [6.07, 6.45) is -0.174. The molecule has 0 aromatic heterocycles. The predicted molar refractivity (Wildman–Crippen MR) is 85.5 cm³/mol. The molecular formula is C18H22O4. The van der Waals surface area contributed by atoms with Gasteiger partial charge in [0.2, 0.25) is 0 Å². The molecular weight excluding hydrogens is 280 g/mol. The largest absolute Gasteiger partial charge is 0.508 e. The molecule has 4 heteroatoms. The number of aliphatic hydroxyl groups excluding tert-OH is 1. The normalized spacial score (nSPS) is 13.8. The molecule has 0 aliphatic carbocycles. The Morgan fingerprint density at radius 1 is 0.909 bits per heavy atom. The van der Waals surface area contributed by atoms with Gasteiger partial charge in [-0.1, -0.05) is 13.0 Å². The first-order valence-electron chi connectivity index (χ1n) is 7.28. The van der Waals surface area contributed by atoms with Crippen LogP contribution in [-0.2, 0) is 6.42 Å². The molecule has 0 aliphatic rings. The maximum absolute atomic E-state index is 10.5. The zero-order chi connectivity index (χ0) is 16.4. The van der Waals surface area contributed by atoms with E-state index in [2.05, 4.69) is 0 Å². The Morgan fingerprint density at radius 2 is 1.50 bits per heavy atom. The van der Waals surface area contributed by atoms with Crippen LogP contribution in [0.5, 0.6) is 17.2 Å². The van der Waals surface area contributed by atoms with Crippen LogP contribution in [0.15, 0.2) is 30.3 Å². The minimum atomic E-state index is -0.633. The lowest BCUT2D eigenvalue weighted by atomic mass is 9.88. The lowest BCUT2D eigenvalue weighted by Crippen LogP contribution is -2.19. The van der Waals surface area contributed by atoms with E-state index in [0.717, 1.165) is 22.3 Å². The molecule has 0 spiro atoms. The highest BCUT2D eigenvalue weighted by Gasteiger charge is 2.20. The number of aryl methyl sites for hydroxylation is 2. The fourth-order valence-corrected chi connectivity index (χ4v) is 2.72. The second kappa shape index (κ2) is 6.28. The summed E-state index contributed by atoms with van der Waals surface area (Å²) in [6, 6.07) is 7.96. The summed E-state index contributed by atoms with van der Waals surface area (Å²) in [5.41, 5.74) is 3.66. The standard InChI is InChI=1S/C18H22O4/c1-10-6-14(19)7-11(2)15(10)9-17(21)12(3)13-4-5-16(20)18(22)8-13/h4-8,12,17,19-22H,9H2,1-3H3/t12-,17+/m0/s1. The molecule has 2 aromatic rings. The van der Waals surface area contributed by atoms with Crippen LogP contribution in [-0.4, -0.2) is 26.5 Å². The molecule has 0 unspecified atom stereocenters. The summed E-state index contributed by atoms with van der Waals surface area (Å²) in [4.78, 5) is 0. The van der Waals surface area contributed by atoms with E-state index in [1.165, 1.54) is 12.1 Å². The molecule has 2 aromatic carbocycles. The second-order valence-corrected chi connectivity index (χ2v) is 5.87. The minimum Gasteiger partial charge on any atom is -0.508 e. The van der Waals surface area contributed by atoms with Crippen LogP contribution in [0.1, 0.15) is 35.1 Å². The van der Waals surface area contributed by atoms with Crippen LogP contribution in [0.3, 0.4) is 0 Å². The monoisotopic (exact) mass is 302 g/mol. The molecule has 22 heavy (non-hydrogen) atoms. The maximum atomic E-state index is 10.5. The lowest BCUT2D eigenvalue weighted by Gasteiger charge is -2.22. The molecule has 4 nitrogen and oxygen atoms in total. The fraction of sp³-hybridized carbons (Fsp3) is 0.333. The summed E-state index contributed by atoms with van der Waals surface area (Å²) in [7, 11) is 0. The maximum Gasteiger partial charge on any atom is 0.157 e. The third kappa shape index (κ3) is 3.34. The van der Waals surface area contributed by atoms with Crippen molar-refractivity contribution in [2.45, 2.75) is 39.2 Å². The average Bonchev–Trinajstić information content (AvgIpc) is 2.44. The van der Waals surface area contributed by atoms with Crippen LogP contribution in [0.2, 0.25) is 0 Å². The average molecular weight is 302 g/mol. The van der Waals surface area contributed by atoms with E-state index in [9.17, 15) is 20.4 Å². The Bertz CT molecular complexity index is 656. The van der Waals surface area contributed by atoms with Crippen LogP contribution in [0, 0.1) is 13.8 Å². The van der Waals surface area contributed by atoms with E-state index in [0.29, 0.717) is 6.42 Å². The van der Waals surface area contributed by atoms with Crippen molar-refractivity contribution in [2.75, 3.05) is 0 Å². The van der Waals surface area contributed by atoms with Crippen molar-refractivity contribution in [2.24, 2.45) is 0 Å². The molecule has 0 saturated heterocycles. The van der Waals surface area contributed by atoms with Crippen LogP contribution >= 0.6 is 0 Å². The molecule has 0 aliphatic heterocycles. The van der Waals surface area contributed by atoms with Crippen LogP contribution < -0.4 is 0 Å². The van der Waals surface area contributed by atoms with Gasteiger partial charge in [0.25, 0.3) is 0 Å². The Morgan fingerprint density at radius 3 is 2.05 bits per heavy atom. The third-order valence-electron chi connectivity index (χ3n) is 4.20. The predicted octanol–water partition coefficient (Wildman–Crippen LogP) is 3.13. The Kier molecular flexibility index (Phi) is 4.62. The number of hydrogen-bond donors (Lipinski definition) is 4. The van der Waals surface area contributed by atoms with Crippen molar-refractivity contribution >= 4 is 0 Å². The number of hydrogen-bond acceptors (Lipinski definition) is 4. The van der Waals surface area contributed by atoms with Gasteiger partial charge in [0.1, 0.15) is 5.75 Å². The first-order chi connectivity index (χ1) is 10.3. The number of benzene rings is 2. The van der Waals surface area contributed by atoms with Gasteiger partial charge in [-0.3, -0.25) is 0 Å². The van der Waals surface area contributed by atoms with E-state index < -0.39 is 6.10 Å². The number of rotatable bonds is 4. The molecule has 0 heterocycles. The van der Waals surface area contributed by atoms with Crippen LogP contribution in [0.4, 0.5) is 0 Å². The van der Waals surface area contributed by atoms with Gasteiger partial charge in [0.05, 0.1) is 6.10 Å². The van der Waals surface area contributed by atoms with Gasteiger partial charge < -0.3 is 20.4 Å². The number of aromatic hydroxyl groups is 3. The topological polar surface area (TPSA) is 80.9 Å². The summed E-state index contributed by atoms with van der Waals surface area (Å²) in [6.45, 7) is 5.69.